The first-order chi connectivity index (χ1) is 12.0. The Hall–Kier alpha value is -3.21. The molecule has 3 aromatic rings. The molecule has 5 nitrogen and oxygen atoms in total. The van der Waals surface area contributed by atoms with Gasteiger partial charge < -0.3 is 10.6 Å². The molecule has 2 N–H and O–H groups in total. The second-order valence-electron chi connectivity index (χ2n) is 6.06. The summed E-state index contributed by atoms with van der Waals surface area (Å²) in [6.45, 7) is 5.98. The molecule has 0 fully saturated rings. The van der Waals surface area contributed by atoms with Crippen LogP contribution in [-0.2, 0) is 0 Å². The monoisotopic (exact) mass is 332 g/mol. The number of anilines is 3. The predicted molar refractivity (Wildman–Crippen MR) is 100 cm³/mol. The number of carbonyl (C=O) groups excluding carboxylic acids is 1. The van der Waals surface area contributed by atoms with Gasteiger partial charge >= 0.3 is 0 Å². The fraction of sp³-hybridized carbons (Fsp3) is 0.150. The minimum absolute atomic E-state index is 0.226. The summed E-state index contributed by atoms with van der Waals surface area (Å²) < 4.78 is 0. The van der Waals surface area contributed by atoms with Crippen molar-refractivity contribution in [3.63, 3.8) is 0 Å². The van der Waals surface area contributed by atoms with E-state index in [0.717, 1.165) is 22.5 Å². The van der Waals surface area contributed by atoms with Crippen LogP contribution in [0.3, 0.4) is 0 Å². The highest BCUT2D eigenvalue weighted by atomic mass is 16.1. The Balaban J connectivity index is 1.70. The molecule has 3 rings (SSSR count). The Morgan fingerprint density at radius 2 is 1.52 bits per heavy atom. The average Bonchev–Trinajstić information content (AvgIpc) is 2.61. The Morgan fingerprint density at radius 3 is 2.20 bits per heavy atom. The van der Waals surface area contributed by atoms with Gasteiger partial charge in [-0.25, -0.2) is 9.97 Å². The van der Waals surface area contributed by atoms with Gasteiger partial charge in [-0.3, -0.25) is 4.79 Å². The maximum absolute atomic E-state index is 12.4. The van der Waals surface area contributed by atoms with Crippen LogP contribution in [0.25, 0.3) is 0 Å². The molecule has 0 aliphatic heterocycles. The zero-order chi connectivity index (χ0) is 17.8. The Labute approximate surface area is 147 Å². The van der Waals surface area contributed by atoms with Crippen LogP contribution in [0.15, 0.2) is 54.9 Å². The lowest BCUT2D eigenvalue weighted by Crippen LogP contribution is -2.14. The third-order valence-electron chi connectivity index (χ3n) is 3.86. The summed E-state index contributed by atoms with van der Waals surface area (Å²) in [5.74, 6) is 0.225. The van der Waals surface area contributed by atoms with Crippen molar-refractivity contribution in [2.75, 3.05) is 10.6 Å². The number of benzene rings is 2. The standard InChI is InChI=1S/C20H20N4O/c1-13-5-8-17(9-6-13)23-20-21-11-16(12-22-20)19(25)24-18-10-14(2)4-7-15(18)3/h4-12H,1-3H3,(H,24,25)(H,21,22,23). The number of amides is 1. The van der Waals surface area contributed by atoms with Crippen molar-refractivity contribution in [2.45, 2.75) is 20.8 Å². The third kappa shape index (κ3) is 4.20. The van der Waals surface area contributed by atoms with E-state index >= 15 is 0 Å². The van der Waals surface area contributed by atoms with Crippen molar-refractivity contribution in [1.82, 2.24) is 9.97 Å². The lowest BCUT2D eigenvalue weighted by atomic mass is 10.1. The van der Waals surface area contributed by atoms with Gasteiger partial charge in [-0.2, -0.15) is 0 Å². The molecule has 126 valence electrons. The number of hydrogen-bond acceptors (Lipinski definition) is 4. The summed E-state index contributed by atoms with van der Waals surface area (Å²) in [4.78, 5) is 20.8. The molecular formula is C20H20N4O. The van der Waals surface area contributed by atoms with Gasteiger partial charge in [0.1, 0.15) is 0 Å². The quantitative estimate of drug-likeness (QED) is 0.743. The molecule has 5 heteroatoms. The molecular weight excluding hydrogens is 312 g/mol. The molecule has 0 saturated carbocycles. The summed E-state index contributed by atoms with van der Waals surface area (Å²) in [6, 6.07) is 13.9. The minimum atomic E-state index is -0.226. The molecule has 0 aliphatic rings. The number of nitrogens with one attached hydrogen (secondary N) is 2. The predicted octanol–water partition coefficient (Wildman–Crippen LogP) is 4.40. The number of aryl methyl sites for hydroxylation is 3. The highest BCUT2D eigenvalue weighted by Gasteiger charge is 2.09. The van der Waals surface area contributed by atoms with E-state index in [1.807, 2.05) is 63.2 Å². The summed E-state index contributed by atoms with van der Waals surface area (Å²) in [5.41, 5.74) is 5.40. The van der Waals surface area contributed by atoms with Crippen molar-refractivity contribution in [3.05, 3.63) is 77.1 Å². The summed E-state index contributed by atoms with van der Waals surface area (Å²) in [5, 5.41) is 6.01. The molecule has 0 unspecified atom stereocenters. The van der Waals surface area contributed by atoms with Crippen molar-refractivity contribution in [1.29, 1.82) is 0 Å². The van der Waals surface area contributed by atoms with Crippen LogP contribution in [0.5, 0.6) is 0 Å². The van der Waals surface area contributed by atoms with Crippen molar-refractivity contribution < 1.29 is 4.79 Å². The molecule has 1 heterocycles. The topological polar surface area (TPSA) is 66.9 Å². The maximum atomic E-state index is 12.4. The van der Waals surface area contributed by atoms with Crippen LogP contribution in [0, 0.1) is 20.8 Å². The molecule has 0 saturated heterocycles. The number of carbonyl (C=O) groups is 1. The SMILES string of the molecule is Cc1ccc(Nc2ncc(C(=O)Nc3cc(C)ccc3C)cn2)cc1. The normalized spacial score (nSPS) is 10.4. The van der Waals surface area contributed by atoms with Crippen molar-refractivity contribution in [3.8, 4) is 0 Å². The van der Waals surface area contributed by atoms with Gasteiger partial charge in [0, 0.05) is 23.8 Å². The Morgan fingerprint density at radius 1 is 0.880 bits per heavy atom. The molecule has 1 amide bonds. The van der Waals surface area contributed by atoms with E-state index in [9.17, 15) is 4.79 Å². The number of nitrogens with zero attached hydrogens (tertiary/aromatic N) is 2. The van der Waals surface area contributed by atoms with Crippen LogP contribution in [0.2, 0.25) is 0 Å². The zero-order valence-corrected chi connectivity index (χ0v) is 14.5. The molecule has 0 bridgehead atoms. The fourth-order valence-electron chi connectivity index (χ4n) is 2.34. The van der Waals surface area contributed by atoms with Crippen LogP contribution in [0.1, 0.15) is 27.0 Å². The fourth-order valence-corrected chi connectivity index (χ4v) is 2.34. The summed E-state index contributed by atoms with van der Waals surface area (Å²) >= 11 is 0. The van der Waals surface area contributed by atoms with Crippen molar-refractivity contribution in [2.24, 2.45) is 0 Å². The molecule has 25 heavy (non-hydrogen) atoms. The molecule has 0 atom stereocenters. The van der Waals surface area contributed by atoms with Gasteiger partial charge in [-0.15, -0.1) is 0 Å². The van der Waals surface area contributed by atoms with Crippen molar-refractivity contribution >= 4 is 23.2 Å². The Bertz CT molecular complexity index is 887. The highest BCUT2D eigenvalue weighted by Crippen LogP contribution is 2.18. The molecule has 1 aromatic heterocycles. The van der Waals surface area contributed by atoms with Gasteiger partial charge in [0.05, 0.1) is 5.56 Å². The third-order valence-corrected chi connectivity index (χ3v) is 3.86. The Kier molecular flexibility index (Phi) is 4.75. The number of rotatable bonds is 4. The first-order valence-electron chi connectivity index (χ1n) is 8.05. The molecule has 0 spiro atoms. The van der Waals surface area contributed by atoms with Gasteiger partial charge in [0.15, 0.2) is 0 Å². The van der Waals surface area contributed by atoms with Gasteiger partial charge in [-0.05, 0) is 50.1 Å². The number of aromatic nitrogens is 2. The average molecular weight is 332 g/mol. The number of hydrogen-bond donors (Lipinski definition) is 2. The van der Waals surface area contributed by atoms with E-state index in [1.165, 1.54) is 18.0 Å². The van der Waals surface area contributed by atoms with Gasteiger partial charge in [0.2, 0.25) is 5.95 Å². The summed E-state index contributed by atoms with van der Waals surface area (Å²) in [7, 11) is 0. The molecule has 2 aromatic carbocycles. The first-order valence-corrected chi connectivity index (χ1v) is 8.05. The smallest absolute Gasteiger partial charge is 0.258 e. The van der Waals surface area contributed by atoms with Crippen LogP contribution < -0.4 is 10.6 Å². The lowest BCUT2D eigenvalue weighted by molar-refractivity contribution is 0.102. The minimum Gasteiger partial charge on any atom is -0.324 e. The van der Waals surface area contributed by atoms with Gasteiger partial charge in [-0.1, -0.05) is 29.8 Å². The summed E-state index contributed by atoms with van der Waals surface area (Å²) in [6.07, 6.45) is 3.04. The lowest BCUT2D eigenvalue weighted by Gasteiger charge is -2.09. The van der Waals surface area contributed by atoms with E-state index in [4.69, 9.17) is 0 Å². The van der Waals surface area contributed by atoms with E-state index in [-0.39, 0.29) is 5.91 Å². The van der Waals surface area contributed by atoms with Crippen LogP contribution in [-0.4, -0.2) is 15.9 Å². The largest absolute Gasteiger partial charge is 0.324 e. The maximum Gasteiger partial charge on any atom is 0.258 e. The van der Waals surface area contributed by atoms with Crippen LogP contribution in [0.4, 0.5) is 17.3 Å². The van der Waals surface area contributed by atoms with E-state index < -0.39 is 0 Å². The first kappa shape index (κ1) is 16.6. The second kappa shape index (κ2) is 7.13. The van der Waals surface area contributed by atoms with Crippen LogP contribution >= 0.6 is 0 Å². The molecule has 0 aliphatic carbocycles. The zero-order valence-electron chi connectivity index (χ0n) is 14.5. The van der Waals surface area contributed by atoms with E-state index in [1.54, 1.807) is 0 Å². The van der Waals surface area contributed by atoms with E-state index in [0.29, 0.717) is 11.5 Å². The molecule has 0 radical (unpaired) electrons. The highest BCUT2D eigenvalue weighted by molar-refractivity contribution is 6.04. The second-order valence-corrected chi connectivity index (χ2v) is 6.06. The van der Waals surface area contributed by atoms with Gasteiger partial charge in [0.25, 0.3) is 5.91 Å². The van der Waals surface area contributed by atoms with E-state index in [2.05, 4.69) is 20.6 Å².